The highest BCUT2D eigenvalue weighted by Gasteiger charge is 2.51. The Labute approximate surface area is 123 Å². The molecule has 20 heavy (non-hydrogen) atoms. The maximum absolute atomic E-state index is 12.5. The molecule has 1 aliphatic rings. The molecule has 0 atom stereocenters. The van der Waals surface area contributed by atoms with Gasteiger partial charge in [-0.25, -0.2) is 4.98 Å². The number of nitrogens with zero attached hydrogens (tertiary/aromatic N) is 1. The average molecular weight is 287 g/mol. The highest BCUT2D eigenvalue weighted by Crippen LogP contribution is 2.49. The summed E-state index contributed by atoms with van der Waals surface area (Å²) in [5, 5.41) is 3.60. The van der Waals surface area contributed by atoms with Crippen LogP contribution in [0.2, 0.25) is 5.02 Å². The van der Waals surface area contributed by atoms with Crippen LogP contribution in [-0.4, -0.2) is 10.9 Å². The van der Waals surface area contributed by atoms with Gasteiger partial charge in [-0.3, -0.25) is 4.79 Å². The predicted molar refractivity (Wildman–Crippen MR) is 80.0 cm³/mol. The van der Waals surface area contributed by atoms with E-state index in [1.54, 1.807) is 6.20 Å². The number of hydrogen-bond acceptors (Lipinski definition) is 2. The molecular formula is C16H15ClN2O. The fourth-order valence-corrected chi connectivity index (χ4v) is 2.51. The number of rotatable bonds is 3. The molecule has 1 fully saturated rings. The van der Waals surface area contributed by atoms with Gasteiger partial charge < -0.3 is 5.32 Å². The lowest BCUT2D eigenvalue weighted by molar-refractivity contribution is -0.118. The van der Waals surface area contributed by atoms with E-state index in [4.69, 9.17) is 11.6 Å². The van der Waals surface area contributed by atoms with Gasteiger partial charge in [0.1, 0.15) is 5.82 Å². The molecule has 0 spiro atoms. The first-order chi connectivity index (χ1) is 9.60. The van der Waals surface area contributed by atoms with Crippen LogP contribution in [0.1, 0.15) is 24.0 Å². The molecule has 1 amide bonds. The predicted octanol–water partition coefficient (Wildman–Crippen LogP) is 3.71. The molecular weight excluding hydrogens is 272 g/mol. The number of nitrogens with one attached hydrogen (secondary N) is 1. The molecule has 4 heteroatoms. The minimum atomic E-state index is -0.407. The lowest BCUT2D eigenvalue weighted by atomic mass is 9.95. The SMILES string of the molecule is Cc1ccnc(NC(=O)C2(c3ccc(Cl)cc3)CC2)c1. The summed E-state index contributed by atoms with van der Waals surface area (Å²) in [5.74, 6) is 0.619. The molecule has 1 N–H and O–H groups in total. The van der Waals surface area contributed by atoms with Crippen LogP contribution in [0, 0.1) is 6.92 Å². The summed E-state index contributed by atoms with van der Waals surface area (Å²) < 4.78 is 0. The van der Waals surface area contributed by atoms with Crippen molar-refractivity contribution in [1.29, 1.82) is 0 Å². The van der Waals surface area contributed by atoms with Gasteiger partial charge in [-0.1, -0.05) is 23.7 Å². The largest absolute Gasteiger partial charge is 0.310 e. The second kappa shape index (κ2) is 4.91. The monoisotopic (exact) mass is 286 g/mol. The number of pyridine rings is 1. The topological polar surface area (TPSA) is 42.0 Å². The van der Waals surface area contributed by atoms with Crippen LogP contribution in [0.4, 0.5) is 5.82 Å². The third-order valence-electron chi connectivity index (χ3n) is 3.74. The van der Waals surface area contributed by atoms with Crippen molar-refractivity contribution in [2.75, 3.05) is 5.32 Å². The minimum absolute atomic E-state index is 0.0120. The molecule has 0 unspecified atom stereocenters. The van der Waals surface area contributed by atoms with Crippen LogP contribution in [0.5, 0.6) is 0 Å². The summed E-state index contributed by atoms with van der Waals surface area (Å²) in [6.45, 7) is 1.98. The Morgan fingerprint density at radius 2 is 1.95 bits per heavy atom. The summed E-state index contributed by atoms with van der Waals surface area (Å²) in [5.41, 5.74) is 1.69. The maximum atomic E-state index is 12.5. The lowest BCUT2D eigenvalue weighted by Gasteiger charge is -2.15. The molecule has 3 rings (SSSR count). The maximum Gasteiger partial charge on any atom is 0.236 e. The Morgan fingerprint density at radius 1 is 1.25 bits per heavy atom. The van der Waals surface area contributed by atoms with Crippen LogP contribution in [0.25, 0.3) is 0 Å². The molecule has 1 aromatic carbocycles. The van der Waals surface area contributed by atoms with Gasteiger partial charge in [-0.2, -0.15) is 0 Å². The number of halogens is 1. The van der Waals surface area contributed by atoms with Crippen LogP contribution in [0.15, 0.2) is 42.6 Å². The minimum Gasteiger partial charge on any atom is -0.310 e. The molecule has 1 saturated carbocycles. The van der Waals surface area contributed by atoms with Crippen LogP contribution in [-0.2, 0) is 10.2 Å². The molecule has 1 aliphatic carbocycles. The van der Waals surface area contributed by atoms with E-state index in [1.807, 2.05) is 43.3 Å². The highest BCUT2D eigenvalue weighted by molar-refractivity contribution is 6.30. The Balaban J connectivity index is 1.81. The van der Waals surface area contributed by atoms with Gasteiger partial charge in [-0.15, -0.1) is 0 Å². The van der Waals surface area contributed by atoms with E-state index < -0.39 is 5.41 Å². The van der Waals surface area contributed by atoms with Crippen molar-refractivity contribution >= 4 is 23.3 Å². The zero-order valence-electron chi connectivity index (χ0n) is 11.2. The molecule has 0 radical (unpaired) electrons. The van der Waals surface area contributed by atoms with Crippen molar-refractivity contribution in [2.45, 2.75) is 25.2 Å². The van der Waals surface area contributed by atoms with E-state index in [0.29, 0.717) is 10.8 Å². The normalized spacial score (nSPS) is 15.7. The average Bonchev–Trinajstić information content (AvgIpc) is 3.21. The van der Waals surface area contributed by atoms with Gasteiger partial charge in [0.05, 0.1) is 5.41 Å². The van der Waals surface area contributed by atoms with Crippen molar-refractivity contribution < 1.29 is 4.79 Å². The number of carbonyl (C=O) groups is 1. The van der Waals surface area contributed by atoms with Crippen molar-refractivity contribution in [1.82, 2.24) is 4.98 Å². The third kappa shape index (κ3) is 2.41. The van der Waals surface area contributed by atoms with E-state index in [1.165, 1.54) is 0 Å². The summed E-state index contributed by atoms with van der Waals surface area (Å²) in [4.78, 5) is 16.7. The lowest BCUT2D eigenvalue weighted by Crippen LogP contribution is -2.28. The zero-order chi connectivity index (χ0) is 14.2. The first-order valence-corrected chi connectivity index (χ1v) is 6.98. The zero-order valence-corrected chi connectivity index (χ0v) is 11.9. The van der Waals surface area contributed by atoms with Gasteiger partial charge >= 0.3 is 0 Å². The highest BCUT2D eigenvalue weighted by atomic mass is 35.5. The smallest absolute Gasteiger partial charge is 0.236 e. The molecule has 3 nitrogen and oxygen atoms in total. The summed E-state index contributed by atoms with van der Waals surface area (Å²) in [6.07, 6.45) is 3.44. The first kappa shape index (κ1) is 13.1. The molecule has 1 heterocycles. The number of hydrogen-bond donors (Lipinski definition) is 1. The first-order valence-electron chi connectivity index (χ1n) is 6.60. The molecule has 0 aliphatic heterocycles. The molecule has 102 valence electrons. The van der Waals surface area contributed by atoms with Crippen molar-refractivity contribution in [2.24, 2.45) is 0 Å². The van der Waals surface area contributed by atoms with Crippen LogP contribution in [0.3, 0.4) is 0 Å². The number of amides is 1. The van der Waals surface area contributed by atoms with Gasteiger partial charge in [0, 0.05) is 11.2 Å². The van der Waals surface area contributed by atoms with Crippen LogP contribution >= 0.6 is 11.6 Å². The van der Waals surface area contributed by atoms with Gasteiger partial charge in [0.15, 0.2) is 0 Å². The van der Waals surface area contributed by atoms with Gasteiger partial charge in [0.2, 0.25) is 5.91 Å². The number of anilines is 1. The number of carbonyl (C=O) groups excluding carboxylic acids is 1. The van der Waals surface area contributed by atoms with E-state index in [0.717, 1.165) is 24.0 Å². The van der Waals surface area contributed by atoms with Crippen molar-refractivity contribution in [3.05, 3.63) is 58.7 Å². The molecule has 2 aromatic rings. The van der Waals surface area contributed by atoms with E-state index in [9.17, 15) is 4.79 Å². The van der Waals surface area contributed by atoms with Crippen molar-refractivity contribution in [3.63, 3.8) is 0 Å². The summed E-state index contributed by atoms with van der Waals surface area (Å²) in [6, 6.07) is 11.3. The summed E-state index contributed by atoms with van der Waals surface area (Å²) >= 11 is 5.90. The Bertz CT molecular complexity index is 648. The van der Waals surface area contributed by atoms with E-state index in [2.05, 4.69) is 10.3 Å². The van der Waals surface area contributed by atoms with Gasteiger partial charge in [-0.05, 0) is 55.2 Å². The van der Waals surface area contributed by atoms with E-state index >= 15 is 0 Å². The molecule has 0 saturated heterocycles. The number of aryl methyl sites for hydroxylation is 1. The van der Waals surface area contributed by atoms with Gasteiger partial charge in [0.25, 0.3) is 0 Å². The number of benzene rings is 1. The standard InChI is InChI=1S/C16H15ClN2O/c1-11-6-9-18-14(10-11)19-15(20)16(7-8-16)12-2-4-13(17)5-3-12/h2-6,9-10H,7-8H2,1H3,(H,18,19,20). The molecule has 0 bridgehead atoms. The fraction of sp³-hybridized carbons (Fsp3) is 0.250. The summed E-state index contributed by atoms with van der Waals surface area (Å²) in [7, 11) is 0. The Kier molecular flexibility index (Phi) is 3.22. The second-order valence-electron chi connectivity index (χ2n) is 5.26. The van der Waals surface area contributed by atoms with Crippen molar-refractivity contribution in [3.8, 4) is 0 Å². The van der Waals surface area contributed by atoms with Crippen LogP contribution < -0.4 is 5.32 Å². The Hall–Kier alpha value is -1.87. The second-order valence-corrected chi connectivity index (χ2v) is 5.70. The Morgan fingerprint density at radius 3 is 2.55 bits per heavy atom. The quantitative estimate of drug-likeness (QED) is 0.934. The van der Waals surface area contributed by atoms with E-state index in [-0.39, 0.29) is 5.91 Å². The molecule has 1 aromatic heterocycles. The fourth-order valence-electron chi connectivity index (χ4n) is 2.38. The third-order valence-corrected chi connectivity index (χ3v) is 3.99. The number of aromatic nitrogens is 1.